The number of fused-ring (bicyclic) bond motifs is 4. The summed E-state index contributed by atoms with van der Waals surface area (Å²) in [4.78, 5) is 0. The summed E-state index contributed by atoms with van der Waals surface area (Å²) in [5.74, 6) is 0. The van der Waals surface area contributed by atoms with E-state index in [1.165, 1.54) is 64.3 Å². The molecule has 0 saturated carbocycles. The molecule has 0 N–H and O–H groups in total. The second-order valence-corrected chi connectivity index (χ2v) is 16.9. The lowest BCUT2D eigenvalue weighted by Crippen LogP contribution is -2.27. The molecule has 0 aliphatic carbocycles. The third-order valence-corrected chi connectivity index (χ3v) is 15.2. The number of hydrogen-bond acceptors (Lipinski definition) is 0. The predicted molar refractivity (Wildman–Crippen MR) is 207 cm³/mol. The Morgan fingerprint density at radius 2 is 0.674 bits per heavy atom. The van der Waals surface area contributed by atoms with E-state index >= 15 is 0 Å². The largest absolute Gasteiger partial charge is 0.0647 e. The van der Waals surface area contributed by atoms with E-state index in [4.69, 9.17) is 0 Å². The molecule has 0 nitrogen and oxygen atoms in total. The molecule has 1 unspecified atom stereocenters. The Labute approximate surface area is 274 Å². The maximum Gasteiger partial charge on any atom is -0.00861 e. The molecule has 8 rings (SSSR count). The first-order chi connectivity index (χ1) is 22.7. The minimum absolute atomic E-state index is 0.515. The van der Waals surface area contributed by atoms with Crippen LogP contribution in [0.5, 0.6) is 0 Å². The Hall–Kier alpha value is -4.34. The number of rotatable bonds is 8. The second kappa shape index (κ2) is 12.8. The SMILES string of the molecule is CCC(CP(c1ccc2ccccc2c1)c1ccc2ccccc2c1)P(c1ccc2ccccc2c1)c1ccc2ccccc2c1. The van der Waals surface area contributed by atoms with Gasteiger partial charge in [-0.1, -0.05) is 153 Å². The van der Waals surface area contributed by atoms with E-state index in [2.05, 4.69) is 177 Å². The quantitative estimate of drug-likeness (QED) is 0.147. The molecule has 0 aromatic heterocycles. The molecule has 0 bridgehead atoms. The van der Waals surface area contributed by atoms with Gasteiger partial charge in [0.05, 0.1) is 0 Å². The molecule has 0 heterocycles. The topological polar surface area (TPSA) is 0 Å². The zero-order chi connectivity index (χ0) is 30.9. The van der Waals surface area contributed by atoms with E-state index in [9.17, 15) is 0 Å². The molecule has 0 saturated heterocycles. The summed E-state index contributed by atoms with van der Waals surface area (Å²) in [7, 11) is -1.24. The Morgan fingerprint density at radius 3 is 1.02 bits per heavy atom. The van der Waals surface area contributed by atoms with Crippen LogP contribution in [0.2, 0.25) is 0 Å². The molecule has 0 amide bonds. The highest BCUT2D eigenvalue weighted by Crippen LogP contribution is 2.49. The van der Waals surface area contributed by atoms with E-state index in [0.717, 1.165) is 12.6 Å². The molecular formula is C44H36P2. The van der Waals surface area contributed by atoms with Crippen LogP contribution in [0, 0.1) is 0 Å². The van der Waals surface area contributed by atoms with Crippen molar-refractivity contribution < 1.29 is 0 Å². The maximum absolute atomic E-state index is 2.48. The molecule has 2 heteroatoms. The fourth-order valence-corrected chi connectivity index (χ4v) is 13.1. The fraction of sp³-hybridized carbons (Fsp3) is 0.0909. The lowest BCUT2D eigenvalue weighted by atomic mass is 10.1. The first-order valence-corrected chi connectivity index (χ1v) is 19.2. The summed E-state index contributed by atoms with van der Waals surface area (Å²) in [5.41, 5.74) is 0.515. The standard InChI is InChI=1S/C44H36P2/c1-2-40(46(43-25-21-34-13-5-9-17-38(34)29-43)44-26-22-35-14-6-10-18-39(35)30-44)31-45(41-23-19-32-11-3-7-15-36(32)27-41)42-24-20-33-12-4-8-16-37(33)28-42/h3-30,40H,2,31H2,1H3. The number of hydrogen-bond donors (Lipinski definition) is 0. The van der Waals surface area contributed by atoms with Gasteiger partial charge in [-0.05, 0) is 123 Å². The summed E-state index contributed by atoms with van der Waals surface area (Å²) in [6, 6.07) is 64.1. The molecule has 222 valence electrons. The van der Waals surface area contributed by atoms with Gasteiger partial charge in [-0.15, -0.1) is 0 Å². The van der Waals surface area contributed by atoms with Crippen molar-refractivity contribution in [2.24, 2.45) is 0 Å². The summed E-state index contributed by atoms with van der Waals surface area (Å²) >= 11 is 0. The van der Waals surface area contributed by atoms with Crippen LogP contribution in [0.3, 0.4) is 0 Å². The summed E-state index contributed by atoms with van der Waals surface area (Å²) < 4.78 is 0. The predicted octanol–water partition coefficient (Wildman–Crippen LogP) is 10.6. The molecule has 0 fully saturated rings. The third kappa shape index (κ3) is 5.74. The van der Waals surface area contributed by atoms with Gasteiger partial charge in [0, 0.05) is 0 Å². The summed E-state index contributed by atoms with van der Waals surface area (Å²) in [6.07, 6.45) is 2.28. The van der Waals surface area contributed by atoms with Gasteiger partial charge in [-0.2, -0.15) is 0 Å². The van der Waals surface area contributed by atoms with Gasteiger partial charge < -0.3 is 0 Å². The van der Waals surface area contributed by atoms with Crippen LogP contribution in [0.15, 0.2) is 170 Å². The van der Waals surface area contributed by atoms with Crippen LogP contribution in [-0.2, 0) is 0 Å². The minimum atomic E-state index is -0.627. The van der Waals surface area contributed by atoms with Crippen LogP contribution in [0.1, 0.15) is 13.3 Å². The van der Waals surface area contributed by atoms with Crippen LogP contribution >= 0.6 is 15.8 Å². The van der Waals surface area contributed by atoms with Gasteiger partial charge in [0.15, 0.2) is 0 Å². The molecule has 0 aliphatic heterocycles. The molecule has 0 radical (unpaired) electrons. The zero-order valence-electron chi connectivity index (χ0n) is 26.1. The maximum atomic E-state index is 2.48. The zero-order valence-corrected chi connectivity index (χ0v) is 27.8. The highest BCUT2D eigenvalue weighted by atomic mass is 31.1. The van der Waals surface area contributed by atoms with Crippen molar-refractivity contribution in [3.05, 3.63) is 170 Å². The molecule has 0 aliphatic rings. The fourth-order valence-electron chi connectivity index (χ4n) is 6.88. The third-order valence-electron chi connectivity index (χ3n) is 9.34. The molecule has 8 aromatic carbocycles. The van der Waals surface area contributed by atoms with Crippen molar-refractivity contribution in [3.63, 3.8) is 0 Å². The van der Waals surface area contributed by atoms with Crippen LogP contribution in [0.4, 0.5) is 0 Å². The Kier molecular flexibility index (Phi) is 8.10. The number of benzene rings is 8. The van der Waals surface area contributed by atoms with Crippen molar-refractivity contribution in [1.29, 1.82) is 0 Å². The summed E-state index contributed by atoms with van der Waals surface area (Å²) in [5, 5.41) is 16.4. The minimum Gasteiger partial charge on any atom is -0.0647 e. The molecule has 1 atom stereocenters. The van der Waals surface area contributed by atoms with Crippen molar-refractivity contribution in [3.8, 4) is 0 Å². The van der Waals surface area contributed by atoms with E-state index in [1.54, 1.807) is 0 Å². The van der Waals surface area contributed by atoms with Crippen LogP contribution in [-0.4, -0.2) is 11.8 Å². The van der Waals surface area contributed by atoms with Gasteiger partial charge in [-0.25, -0.2) is 0 Å². The average Bonchev–Trinajstić information content (AvgIpc) is 3.12. The average molecular weight is 627 g/mol. The smallest absolute Gasteiger partial charge is 0.00861 e. The highest BCUT2D eigenvalue weighted by molar-refractivity contribution is 7.77. The van der Waals surface area contributed by atoms with Crippen LogP contribution in [0.25, 0.3) is 43.1 Å². The van der Waals surface area contributed by atoms with Crippen molar-refractivity contribution >= 4 is 80.2 Å². The van der Waals surface area contributed by atoms with E-state index in [0.29, 0.717) is 5.66 Å². The van der Waals surface area contributed by atoms with Gasteiger partial charge in [0.1, 0.15) is 0 Å². The second-order valence-electron chi connectivity index (χ2n) is 12.2. The summed E-state index contributed by atoms with van der Waals surface area (Å²) in [6.45, 7) is 2.41. The van der Waals surface area contributed by atoms with Crippen LogP contribution < -0.4 is 21.2 Å². The van der Waals surface area contributed by atoms with Crippen molar-refractivity contribution in [1.82, 2.24) is 0 Å². The van der Waals surface area contributed by atoms with Crippen molar-refractivity contribution in [2.75, 3.05) is 6.16 Å². The Balaban J connectivity index is 1.28. The Morgan fingerprint density at radius 1 is 0.370 bits per heavy atom. The van der Waals surface area contributed by atoms with E-state index in [1.807, 2.05) is 0 Å². The van der Waals surface area contributed by atoms with E-state index in [-0.39, 0.29) is 0 Å². The van der Waals surface area contributed by atoms with E-state index < -0.39 is 15.8 Å². The first kappa shape index (κ1) is 29.1. The lowest BCUT2D eigenvalue weighted by molar-refractivity contribution is 0.907. The first-order valence-electron chi connectivity index (χ1n) is 16.3. The van der Waals surface area contributed by atoms with Gasteiger partial charge in [-0.3, -0.25) is 0 Å². The molecule has 46 heavy (non-hydrogen) atoms. The van der Waals surface area contributed by atoms with Crippen molar-refractivity contribution in [2.45, 2.75) is 19.0 Å². The Bertz CT molecular complexity index is 2160. The molecular weight excluding hydrogens is 590 g/mol. The lowest BCUT2D eigenvalue weighted by Gasteiger charge is -2.32. The normalized spacial score (nSPS) is 12.5. The van der Waals surface area contributed by atoms with Gasteiger partial charge in [0.25, 0.3) is 0 Å². The molecule has 8 aromatic rings. The molecule has 0 spiro atoms. The highest BCUT2D eigenvalue weighted by Gasteiger charge is 2.28. The monoisotopic (exact) mass is 626 g/mol. The van der Waals surface area contributed by atoms with Gasteiger partial charge in [0.2, 0.25) is 0 Å². The van der Waals surface area contributed by atoms with Gasteiger partial charge >= 0.3 is 0 Å².